The number of alkyl halides is 3. The van der Waals surface area contributed by atoms with Crippen molar-refractivity contribution in [3.05, 3.63) is 29.8 Å². The van der Waals surface area contributed by atoms with Gasteiger partial charge in [0.05, 0.1) is 6.67 Å². The molecule has 0 bridgehead atoms. The highest BCUT2D eigenvalue weighted by Crippen LogP contribution is 2.40. The zero-order chi connectivity index (χ0) is 12.2. The number of anilines is 1. The van der Waals surface area contributed by atoms with E-state index in [-0.39, 0.29) is 7.43 Å². The van der Waals surface area contributed by atoms with Crippen molar-refractivity contribution in [3.63, 3.8) is 0 Å². The van der Waals surface area contributed by atoms with Crippen molar-refractivity contribution < 1.29 is 4.39 Å². The van der Waals surface area contributed by atoms with Crippen LogP contribution in [0.2, 0.25) is 0 Å². The highest BCUT2D eigenvalue weighted by molar-refractivity contribution is 8.04. The van der Waals surface area contributed by atoms with Crippen molar-refractivity contribution in [3.8, 4) is 0 Å². The Kier molecular flexibility index (Phi) is 7.24. The highest BCUT2D eigenvalue weighted by Gasteiger charge is 2.27. The van der Waals surface area contributed by atoms with E-state index in [0.717, 1.165) is 23.2 Å². The summed E-state index contributed by atoms with van der Waals surface area (Å²) in [6, 6.07) is 7.67. The van der Waals surface area contributed by atoms with Crippen molar-refractivity contribution in [2.24, 2.45) is 0 Å². The molecule has 0 spiro atoms. The summed E-state index contributed by atoms with van der Waals surface area (Å²) in [5.41, 5.74) is 1.98. The maximum atomic E-state index is 13.2. The second kappa shape index (κ2) is 7.31. The first-order chi connectivity index (χ1) is 7.42. The molecule has 0 fully saturated rings. The molecular formula is C11H17Cl2FN2S. The summed E-state index contributed by atoms with van der Waals surface area (Å²) in [5.74, 6) is 0. The molecule has 1 aromatic rings. The van der Waals surface area contributed by atoms with Crippen LogP contribution in [0.3, 0.4) is 0 Å². The Morgan fingerprint density at radius 3 is 2.29 bits per heavy atom. The molecule has 1 aromatic carbocycles. The van der Waals surface area contributed by atoms with Gasteiger partial charge in [-0.05, 0) is 26.1 Å². The van der Waals surface area contributed by atoms with Crippen molar-refractivity contribution in [2.45, 2.75) is 18.3 Å². The molecule has 0 saturated heterocycles. The first-order valence-electron chi connectivity index (χ1n) is 4.67. The summed E-state index contributed by atoms with van der Waals surface area (Å²) >= 11 is 11.4. The Labute approximate surface area is 117 Å². The Bertz CT molecular complexity index is 327. The quantitative estimate of drug-likeness (QED) is 0.495. The van der Waals surface area contributed by atoms with E-state index in [1.165, 1.54) is 0 Å². The van der Waals surface area contributed by atoms with Crippen LogP contribution in [0.25, 0.3) is 0 Å². The molecule has 0 atom stereocenters. The van der Waals surface area contributed by atoms with E-state index < -0.39 is 3.92 Å². The molecule has 1 rings (SSSR count). The molecule has 1 N–H and O–H groups in total. The molecule has 0 saturated carbocycles. The Hall–Kier alpha value is -0.160. The average molecular weight is 299 g/mol. The zero-order valence-electron chi connectivity index (χ0n) is 9.01. The van der Waals surface area contributed by atoms with Crippen molar-refractivity contribution in [2.75, 3.05) is 18.0 Å². The molecule has 0 heterocycles. The van der Waals surface area contributed by atoms with Gasteiger partial charge in [0.25, 0.3) is 0 Å². The van der Waals surface area contributed by atoms with Gasteiger partial charge in [-0.1, -0.05) is 48.3 Å². The first kappa shape index (κ1) is 16.8. The number of benzene rings is 1. The fourth-order valence-electron chi connectivity index (χ4n) is 1.16. The smallest absolute Gasteiger partial charge is 0.302 e. The summed E-state index contributed by atoms with van der Waals surface area (Å²) in [6.45, 7) is 2.43. The number of hydrogen-bond donors (Lipinski definition) is 1. The highest BCUT2D eigenvalue weighted by atomic mass is 35.5. The van der Waals surface area contributed by atoms with Crippen molar-refractivity contribution in [1.29, 1.82) is 0 Å². The van der Waals surface area contributed by atoms with Crippen molar-refractivity contribution >= 4 is 40.8 Å². The SMILES string of the molecule is C.CNCN(SC(F)(Cl)Cl)c1ccc(C)cc1. The molecule has 2 nitrogen and oxygen atoms in total. The second-order valence-corrected chi connectivity index (χ2v) is 6.13. The van der Waals surface area contributed by atoms with E-state index in [1.54, 1.807) is 11.4 Å². The van der Waals surface area contributed by atoms with Gasteiger partial charge in [-0.3, -0.25) is 4.31 Å². The van der Waals surface area contributed by atoms with Gasteiger partial charge in [-0.2, -0.15) is 4.39 Å². The largest absolute Gasteiger partial charge is 0.323 e. The van der Waals surface area contributed by atoms with Crippen LogP contribution in [0.4, 0.5) is 10.1 Å². The van der Waals surface area contributed by atoms with E-state index in [2.05, 4.69) is 5.32 Å². The molecular weight excluding hydrogens is 282 g/mol. The molecule has 0 aliphatic heterocycles. The number of nitrogens with zero attached hydrogens (tertiary/aromatic N) is 1. The lowest BCUT2D eigenvalue weighted by Gasteiger charge is -2.25. The normalized spacial score (nSPS) is 10.9. The van der Waals surface area contributed by atoms with Gasteiger partial charge in [0.15, 0.2) is 0 Å². The Balaban J connectivity index is 0.00000256. The molecule has 6 heteroatoms. The lowest BCUT2D eigenvalue weighted by Crippen LogP contribution is -2.28. The summed E-state index contributed by atoms with van der Waals surface area (Å²) in [4.78, 5) is 0. The van der Waals surface area contributed by atoms with Gasteiger partial charge in [0.2, 0.25) is 0 Å². The minimum atomic E-state index is -2.33. The molecule has 17 heavy (non-hydrogen) atoms. The number of halogens is 3. The lowest BCUT2D eigenvalue weighted by atomic mass is 10.2. The molecule has 0 aromatic heterocycles. The van der Waals surface area contributed by atoms with Gasteiger partial charge >= 0.3 is 3.92 Å². The number of rotatable bonds is 5. The minimum Gasteiger partial charge on any atom is -0.302 e. The van der Waals surface area contributed by atoms with Crippen LogP contribution in [0.5, 0.6) is 0 Å². The van der Waals surface area contributed by atoms with Crippen LogP contribution in [0.15, 0.2) is 24.3 Å². The summed E-state index contributed by atoms with van der Waals surface area (Å²) in [7, 11) is 1.77. The van der Waals surface area contributed by atoms with Crippen LogP contribution in [0, 0.1) is 6.92 Å². The first-order valence-corrected chi connectivity index (χ1v) is 6.20. The molecule has 0 radical (unpaired) electrons. The van der Waals surface area contributed by atoms with Crippen LogP contribution in [-0.2, 0) is 0 Å². The maximum Gasteiger partial charge on any atom is 0.323 e. The summed E-state index contributed by atoms with van der Waals surface area (Å²) in [6.07, 6.45) is 0. The van der Waals surface area contributed by atoms with E-state index in [1.807, 2.05) is 31.2 Å². The van der Waals surface area contributed by atoms with Gasteiger partial charge < -0.3 is 5.32 Å². The van der Waals surface area contributed by atoms with Crippen molar-refractivity contribution in [1.82, 2.24) is 5.32 Å². The fourth-order valence-corrected chi connectivity index (χ4v) is 2.33. The standard InChI is InChI=1S/C10H13Cl2FN2S.CH4/c1-8-3-5-9(6-4-8)15(7-14-2)16-10(11,12)13;/h3-6,14H,7H2,1-2H3;1H4. The molecule has 0 aliphatic carbocycles. The second-order valence-electron chi connectivity index (χ2n) is 3.26. The fraction of sp³-hybridized carbons (Fsp3) is 0.455. The van der Waals surface area contributed by atoms with E-state index in [9.17, 15) is 4.39 Å². The minimum absolute atomic E-state index is 0. The Morgan fingerprint density at radius 2 is 1.88 bits per heavy atom. The van der Waals surface area contributed by atoms with E-state index >= 15 is 0 Å². The molecule has 0 aliphatic rings. The van der Waals surface area contributed by atoms with Gasteiger partial charge in [-0.25, -0.2) is 0 Å². The maximum absolute atomic E-state index is 13.2. The topological polar surface area (TPSA) is 15.3 Å². The lowest BCUT2D eigenvalue weighted by molar-refractivity contribution is 0.514. The number of nitrogens with one attached hydrogen (secondary N) is 1. The van der Waals surface area contributed by atoms with E-state index in [0.29, 0.717) is 6.67 Å². The monoisotopic (exact) mass is 298 g/mol. The van der Waals surface area contributed by atoms with Crippen LogP contribution < -0.4 is 9.62 Å². The average Bonchev–Trinajstić information content (AvgIpc) is 2.16. The molecule has 98 valence electrons. The van der Waals surface area contributed by atoms with Gasteiger partial charge in [0, 0.05) is 17.6 Å². The molecule has 0 unspecified atom stereocenters. The number of hydrogen-bond acceptors (Lipinski definition) is 3. The van der Waals surface area contributed by atoms with Gasteiger partial charge in [0.1, 0.15) is 0 Å². The zero-order valence-corrected chi connectivity index (χ0v) is 11.3. The third-order valence-corrected chi connectivity index (χ3v) is 3.02. The summed E-state index contributed by atoms with van der Waals surface area (Å²) in [5, 5.41) is 2.92. The van der Waals surface area contributed by atoms with Crippen LogP contribution in [-0.4, -0.2) is 17.6 Å². The predicted octanol–water partition coefficient (Wildman–Crippen LogP) is 4.32. The van der Waals surface area contributed by atoms with E-state index in [4.69, 9.17) is 23.2 Å². The van der Waals surface area contributed by atoms with Crippen LogP contribution in [0.1, 0.15) is 13.0 Å². The molecule has 0 amide bonds. The third kappa shape index (κ3) is 6.36. The number of aryl methyl sites for hydroxylation is 1. The predicted molar refractivity (Wildman–Crippen MR) is 77.5 cm³/mol. The van der Waals surface area contributed by atoms with Gasteiger partial charge in [-0.15, -0.1) is 0 Å². The summed E-state index contributed by atoms with van der Waals surface area (Å²) < 4.78 is 12.5. The third-order valence-electron chi connectivity index (χ3n) is 1.84. The van der Waals surface area contributed by atoms with Crippen LogP contribution >= 0.6 is 35.1 Å². The Morgan fingerprint density at radius 1 is 1.35 bits per heavy atom.